The van der Waals surface area contributed by atoms with E-state index in [4.69, 9.17) is 4.74 Å². The monoisotopic (exact) mass is 276 g/mol. The molecule has 1 aromatic rings. The molecule has 1 aromatic carbocycles. The molecule has 20 heavy (non-hydrogen) atoms. The molecule has 0 aromatic heterocycles. The van der Waals surface area contributed by atoms with Gasteiger partial charge in [0.2, 0.25) is 5.91 Å². The average molecular weight is 276 g/mol. The molecular weight excluding hydrogens is 252 g/mol. The van der Waals surface area contributed by atoms with Gasteiger partial charge < -0.3 is 15.0 Å². The summed E-state index contributed by atoms with van der Waals surface area (Å²) in [5.74, 6) is 1.08. The molecule has 1 saturated heterocycles. The minimum atomic E-state index is 0.179. The number of nitrogens with one attached hydrogen (secondary N) is 1. The molecule has 0 unspecified atom stereocenters. The summed E-state index contributed by atoms with van der Waals surface area (Å²) in [6.07, 6.45) is 2.21. The number of hydrogen-bond donors (Lipinski definition) is 1. The van der Waals surface area contributed by atoms with Crippen molar-refractivity contribution < 1.29 is 9.53 Å². The maximum Gasteiger partial charge on any atom is 0.219 e. The van der Waals surface area contributed by atoms with Gasteiger partial charge >= 0.3 is 0 Å². The molecule has 0 bridgehead atoms. The number of anilines is 1. The fourth-order valence-corrected chi connectivity index (χ4v) is 2.48. The molecule has 1 aliphatic heterocycles. The Hall–Kier alpha value is -1.71. The van der Waals surface area contributed by atoms with Crippen molar-refractivity contribution in [3.63, 3.8) is 0 Å². The minimum Gasteiger partial charge on any atom is -0.491 e. The van der Waals surface area contributed by atoms with Gasteiger partial charge in [0.1, 0.15) is 5.75 Å². The highest BCUT2D eigenvalue weighted by atomic mass is 16.5. The molecule has 0 atom stereocenters. The van der Waals surface area contributed by atoms with Crippen molar-refractivity contribution in [3.8, 4) is 5.75 Å². The number of piperidine rings is 1. The predicted molar refractivity (Wildman–Crippen MR) is 81.1 cm³/mol. The van der Waals surface area contributed by atoms with Gasteiger partial charge in [-0.1, -0.05) is 0 Å². The third kappa shape index (κ3) is 4.15. The summed E-state index contributed by atoms with van der Waals surface area (Å²) < 4.78 is 5.63. The molecule has 1 amide bonds. The summed E-state index contributed by atoms with van der Waals surface area (Å²) in [5.41, 5.74) is 1.11. The van der Waals surface area contributed by atoms with Crippen LogP contribution >= 0.6 is 0 Å². The molecule has 0 saturated carbocycles. The maximum absolute atomic E-state index is 11.3. The van der Waals surface area contributed by atoms with Crippen molar-refractivity contribution >= 4 is 11.6 Å². The van der Waals surface area contributed by atoms with Crippen molar-refractivity contribution in [1.82, 2.24) is 4.90 Å². The number of likely N-dealkylation sites (tertiary alicyclic amines) is 1. The second-order valence-corrected chi connectivity index (χ2v) is 5.62. The van der Waals surface area contributed by atoms with Crippen LogP contribution in [-0.4, -0.2) is 36.0 Å². The van der Waals surface area contributed by atoms with Crippen LogP contribution in [0.2, 0.25) is 0 Å². The first-order valence-corrected chi connectivity index (χ1v) is 7.33. The molecule has 4 heteroatoms. The number of hydrogen-bond acceptors (Lipinski definition) is 3. The summed E-state index contributed by atoms with van der Waals surface area (Å²) >= 11 is 0. The minimum absolute atomic E-state index is 0.179. The first-order chi connectivity index (χ1) is 9.54. The summed E-state index contributed by atoms with van der Waals surface area (Å²) in [5, 5.41) is 3.53. The zero-order valence-electron chi connectivity index (χ0n) is 12.6. The molecule has 4 nitrogen and oxygen atoms in total. The topological polar surface area (TPSA) is 41.6 Å². The van der Waals surface area contributed by atoms with Crippen molar-refractivity contribution in [2.45, 2.75) is 45.8 Å². The Kier molecular flexibility index (Phi) is 4.88. The Bertz CT molecular complexity index is 434. The lowest BCUT2D eigenvalue weighted by molar-refractivity contribution is -0.129. The number of nitrogens with zero attached hydrogens (tertiary/aromatic N) is 1. The molecule has 0 spiro atoms. The van der Waals surface area contributed by atoms with Crippen molar-refractivity contribution in [1.29, 1.82) is 0 Å². The van der Waals surface area contributed by atoms with E-state index in [0.717, 1.165) is 37.4 Å². The zero-order valence-corrected chi connectivity index (χ0v) is 12.6. The van der Waals surface area contributed by atoms with Crippen LogP contribution in [0.4, 0.5) is 5.69 Å². The molecule has 0 aliphatic carbocycles. The van der Waals surface area contributed by atoms with E-state index >= 15 is 0 Å². The van der Waals surface area contributed by atoms with Crippen LogP contribution in [0.15, 0.2) is 24.3 Å². The lowest BCUT2D eigenvalue weighted by Crippen LogP contribution is -2.41. The third-order valence-corrected chi connectivity index (χ3v) is 3.54. The smallest absolute Gasteiger partial charge is 0.219 e. The predicted octanol–water partition coefficient (Wildman–Crippen LogP) is 2.90. The fourth-order valence-electron chi connectivity index (χ4n) is 2.48. The molecule has 1 aliphatic rings. The van der Waals surface area contributed by atoms with Crippen LogP contribution in [0, 0.1) is 0 Å². The van der Waals surface area contributed by atoms with Gasteiger partial charge in [0.15, 0.2) is 0 Å². The van der Waals surface area contributed by atoms with Crippen LogP contribution in [-0.2, 0) is 4.79 Å². The highest BCUT2D eigenvalue weighted by molar-refractivity contribution is 5.73. The van der Waals surface area contributed by atoms with E-state index in [0.29, 0.717) is 6.04 Å². The van der Waals surface area contributed by atoms with E-state index in [9.17, 15) is 4.79 Å². The normalized spacial score (nSPS) is 16.3. The van der Waals surface area contributed by atoms with Crippen molar-refractivity contribution in [3.05, 3.63) is 24.3 Å². The van der Waals surface area contributed by atoms with E-state index in [1.807, 2.05) is 30.9 Å². The molecule has 1 heterocycles. The van der Waals surface area contributed by atoms with Gasteiger partial charge in [-0.25, -0.2) is 0 Å². The third-order valence-electron chi connectivity index (χ3n) is 3.54. The van der Waals surface area contributed by atoms with Gasteiger partial charge in [0, 0.05) is 31.7 Å². The highest BCUT2D eigenvalue weighted by Gasteiger charge is 2.20. The van der Waals surface area contributed by atoms with Gasteiger partial charge in [0.25, 0.3) is 0 Å². The number of carbonyl (C=O) groups is 1. The van der Waals surface area contributed by atoms with E-state index in [1.54, 1.807) is 6.92 Å². The van der Waals surface area contributed by atoms with Crippen LogP contribution in [0.5, 0.6) is 5.75 Å². The number of rotatable bonds is 4. The van der Waals surface area contributed by atoms with Gasteiger partial charge in [-0.2, -0.15) is 0 Å². The lowest BCUT2D eigenvalue weighted by Gasteiger charge is -2.32. The van der Waals surface area contributed by atoms with Crippen LogP contribution < -0.4 is 10.1 Å². The van der Waals surface area contributed by atoms with Gasteiger partial charge in [-0.15, -0.1) is 0 Å². The second kappa shape index (κ2) is 6.64. The summed E-state index contributed by atoms with van der Waals surface area (Å²) in [6, 6.07) is 8.53. The molecule has 1 fully saturated rings. The molecular formula is C16H24N2O2. The Morgan fingerprint density at radius 1 is 1.25 bits per heavy atom. The number of ether oxygens (including phenoxy) is 1. The van der Waals surface area contributed by atoms with Gasteiger partial charge in [0.05, 0.1) is 6.10 Å². The molecule has 2 rings (SSSR count). The maximum atomic E-state index is 11.3. The fraction of sp³-hybridized carbons (Fsp3) is 0.562. The summed E-state index contributed by atoms with van der Waals surface area (Å²) in [6.45, 7) is 7.38. The van der Waals surface area contributed by atoms with Crippen molar-refractivity contribution in [2.75, 3.05) is 18.4 Å². The Labute approximate surface area is 121 Å². The number of amides is 1. The summed E-state index contributed by atoms with van der Waals surface area (Å²) in [4.78, 5) is 13.2. The first-order valence-electron chi connectivity index (χ1n) is 7.33. The lowest BCUT2D eigenvalue weighted by atomic mass is 10.0. The van der Waals surface area contributed by atoms with E-state index in [-0.39, 0.29) is 12.0 Å². The van der Waals surface area contributed by atoms with Crippen LogP contribution in [0.25, 0.3) is 0 Å². The van der Waals surface area contributed by atoms with Gasteiger partial charge in [-0.05, 0) is 51.0 Å². The standard InChI is InChI=1S/C16H24N2O2/c1-12(2)20-16-6-4-14(5-7-16)17-15-8-10-18(11-9-15)13(3)19/h4-7,12,15,17H,8-11H2,1-3H3. The van der Waals surface area contributed by atoms with Crippen LogP contribution in [0.1, 0.15) is 33.6 Å². The number of benzene rings is 1. The largest absolute Gasteiger partial charge is 0.491 e. The quantitative estimate of drug-likeness (QED) is 0.919. The van der Waals surface area contributed by atoms with E-state index < -0.39 is 0 Å². The average Bonchev–Trinajstić information content (AvgIpc) is 2.41. The molecule has 1 N–H and O–H groups in total. The Morgan fingerprint density at radius 3 is 2.35 bits per heavy atom. The van der Waals surface area contributed by atoms with E-state index in [1.165, 1.54) is 0 Å². The summed E-state index contributed by atoms with van der Waals surface area (Å²) in [7, 11) is 0. The zero-order chi connectivity index (χ0) is 14.5. The second-order valence-electron chi connectivity index (χ2n) is 5.62. The van der Waals surface area contributed by atoms with E-state index in [2.05, 4.69) is 17.4 Å². The van der Waals surface area contributed by atoms with Crippen molar-refractivity contribution in [2.24, 2.45) is 0 Å². The number of carbonyl (C=O) groups excluding carboxylic acids is 1. The molecule has 0 radical (unpaired) electrons. The van der Waals surface area contributed by atoms with Crippen LogP contribution in [0.3, 0.4) is 0 Å². The van der Waals surface area contributed by atoms with Gasteiger partial charge in [-0.3, -0.25) is 4.79 Å². The first kappa shape index (κ1) is 14.7. The SMILES string of the molecule is CC(=O)N1CCC(Nc2ccc(OC(C)C)cc2)CC1. The molecule has 110 valence electrons. The Balaban J connectivity index is 1.83. The highest BCUT2D eigenvalue weighted by Crippen LogP contribution is 2.20. The Morgan fingerprint density at radius 2 is 1.85 bits per heavy atom.